The van der Waals surface area contributed by atoms with Gasteiger partial charge in [-0.1, -0.05) is 133 Å². The number of allylic oxidation sites excluding steroid dienone is 1. The number of hydrogen-bond donors (Lipinski definition) is 0. The molecule has 0 amide bonds. The van der Waals surface area contributed by atoms with Crippen molar-refractivity contribution in [2.45, 2.75) is 84.5 Å². The fraction of sp³-hybridized carbons (Fsp3) is 0.351. The topological polar surface area (TPSA) is 0 Å². The van der Waals surface area contributed by atoms with Crippen LogP contribution in [0.15, 0.2) is 72.3 Å². The normalized spacial score (nSPS) is 16.5. The first-order valence-corrected chi connectivity index (χ1v) is 14.1. The summed E-state index contributed by atoms with van der Waals surface area (Å²) in [5.74, 6) is 0.340. The van der Waals surface area contributed by atoms with Gasteiger partial charge < -0.3 is 0 Å². The Kier molecular flexibility index (Phi) is 5.53. The third-order valence-electron chi connectivity index (χ3n) is 8.65. The molecule has 0 spiro atoms. The van der Waals surface area contributed by atoms with Gasteiger partial charge in [0.2, 0.25) is 0 Å². The lowest BCUT2D eigenvalue weighted by molar-refractivity contribution is 0.588. The average molecular weight is 485 g/mol. The Balaban J connectivity index is 1.61. The molecule has 0 heterocycles. The fourth-order valence-corrected chi connectivity index (χ4v) is 6.53. The van der Waals surface area contributed by atoms with Crippen molar-refractivity contribution in [3.8, 4) is 11.1 Å². The molecular formula is C37H40. The van der Waals surface area contributed by atoms with Crippen LogP contribution >= 0.6 is 0 Å². The van der Waals surface area contributed by atoms with Gasteiger partial charge >= 0.3 is 0 Å². The van der Waals surface area contributed by atoms with Crippen molar-refractivity contribution >= 4 is 16.8 Å². The Bertz CT molecular complexity index is 1560. The van der Waals surface area contributed by atoms with E-state index >= 15 is 0 Å². The highest BCUT2D eigenvalue weighted by atomic mass is 14.4. The van der Waals surface area contributed by atoms with Crippen molar-refractivity contribution < 1.29 is 0 Å². The van der Waals surface area contributed by atoms with Gasteiger partial charge in [0.25, 0.3) is 0 Å². The van der Waals surface area contributed by atoms with Gasteiger partial charge in [-0.05, 0) is 84.5 Å². The summed E-state index contributed by atoms with van der Waals surface area (Å²) in [6.07, 6.45) is 5.88. The van der Waals surface area contributed by atoms with Crippen molar-refractivity contribution in [3.05, 3.63) is 111 Å². The summed E-state index contributed by atoms with van der Waals surface area (Å²) < 4.78 is 0. The van der Waals surface area contributed by atoms with E-state index in [9.17, 15) is 0 Å². The van der Waals surface area contributed by atoms with E-state index in [4.69, 9.17) is 0 Å². The molecule has 0 aliphatic heterocycles. The van der Waals surface area contributed by atoms with Crippen LogP contribution in [0.2, 0.25) is 0 Å². The summed E-state index contributed by atoms with van der Waals surface area (Å²) in [6.45, 7) is 16.4. The zero-order valence-electron chi connectivity index (χ0n) is 23.6. The summed E-state index contributed by atoms with van der Waals surface area (Å²) >= 11 is 0. The fourth-order valence-electron chi connectivity index (χ4n) is 6.53. The molecule has 0 bridgehead atoms. The minimum absolute atomic E-state index is 0.0909. The van der Waals surface area contributed by atoms with Gasteiger partial charge in [0.15, 0.2) is 0 Å². The number of hydrogen-bond acceptors (Lipinski definition) is 0. The minimum atomic E-state index is 0.0909. The van der Waals surface area contributed by atoms with Crippen molar-refractivity contribution in [2.75, 3.05) is 0 Å². The van der Waals surface area contributed by atoms with Crippen LogP contribution in [0.5, 0.6) is 0 Å². The molecule has 0 aromatic heterocycles. The van der Waals surface area contributed by atoms with Crippen molar-refractivity contribution in [2.24, 2.45) is 0 Å². The molecule has 0 saturated carbocycles. The van der Waals surface area contributed by atoms with E-state index in [1.165, 1.54) is 61.7 Å². The molecule has 1 unspecified atom stereocenters. The average Bonchev–Trinajstić information content (AvgIpc) is 3.40. The molecule has 37 heavy (non-hydrogen) atoms. The Morgan fingerprint density at radius 3 is 2.19 bits per heavy atom. The zero-order chi connectivity index (χ0) is 26.1. The van der Waals surface area contributed by atoms with E-state index in [0.717, 1.165) is 12.8 Å². The van der Waals surface area contributed by atoms with E-state index in [2.05, 4.69) is 121 Å². The number of benzene rings is 4. The van der Waals surface area contributed by atoms with Crippen LogP contribution in [0, 0.1) is 0 Å². The summed E-state index contributed by atoms with van der Waals surface area (Å²) in [5.41, 5.74) is 15.1. The molecule has 2 aliphatic rings. The van der Waals surface area contributed by atoms with Crippen molar-refractivity contribution in [1.82, 2.24) is 0 Å². The molecule has 2 aliphatic carbocycles. The standard InChI is InChI=1S/C37H40/c1-8-11-25-19-31-28-13-10-9-12-23(28)15-17-29(31)35(25)34-22-27(37(5,6)7)21-33-30-20-26(36(2,3)4)16-14-24(30)18-32(33)34/h9-10,12-17,19-22,35H,8,11,18H2,1-7H3. The van der Waals surface area contributed by atoms with Gasteiger partial charge in [-0.25, -0.2) is 0 Å². The van der Waals surface area contributed by atoms with Gasteiger partial charge in [0.05, 0.1) is 0 Å². The van der Waals surface area contributed by atoms with Crippen molar-refractivity contribution in [3.63, 3.8) is 0 Å². The maximum Gasteiger partial charge on any atom is 0.0311 e. The predicted molar refractivity (Wildman–Crippen MR) is 161 cm³/mol. The van der Waals surface area contributed by atoms with E-state index in [1.54, 1.807) is 11.1 Å². The Morgan fingerprint density at radius 2 is 1.46 bits per heavy atom. The van der Waals surface area contributed by atoms with Gasteiger partial charge in [0.1, 0.15) is 0 Å². The first-order valence-electron chi connectivity index (χ1n) is 14.1. The highest BCUT2D eigenvalue weighted by Gasteiger charge is 2.34. The van der Waals surface area contributed by atoms with E-state index < -0.39 is 0 Å². The van der Waals surface area contributed by atoms with Crippen LogP contribution in [0.4, 0.5) is 0 Å². The molecule has 4 aromatic carbocycles. The lowest BCUT2D eigenvalue weighted by Gasteiger charge is -2.27. The van der Waals surface area contributed by atoms with Crippen LogP contribution < -0.4 is 0 Å². The molecule has 0 radical (unpaired) electrons. The highest BCUT2D eigenvalue weighted by molar-refractivity contribution is 5.95. The van der Waals surface area contributed by atoms with Gasteiger partial charge in [-0.2, -0.15) is 0 Å². The second kappa shape index (κ2) is 8.45. The van der Waals surface area contributed by atoms with E-state index in [1.807, 2.05) is 0 Å². The summed E-state index contributed by atoms with van der Waals surface area (Å²) in [4.78, 5) is 0. The Labute approximate surface area is 223 Å². The summed E-state index contributed by atoms with van der Waals surface area (Å²) in [7, 11) is 0. The zero-order valence-corrected chi connectivity index (χ0v) is 23.6. The minimum Gasteiger partial charge on any atom is -0.0651 e. The lowest BCUT2D eigenvalue weighted by Crippen LogP contribution is -2.14. The Hall–Kier alpha value is -3.12. The summed E-state index contributed by atoms with van der Waals surface area (Å²) in [6, 6.07) is 25.9. The molecule has 0 heteroatoms. The van der Waals surface area contributed by atoms with Gasteiger partial charge in [0, 0.05) is 5.92 Å². The first-order chi connectivity index (χ1) is 17.6. The largest absolute Gasteiger partial charge is 0.0651 e. The molecule has 6 rings (SSSR count). The molecule has 0 saturated heterocycles. The summed E-state index contributed by atoms with van der Waals surface area (Å²) in [5, 5.41) is 2.72. The lowest BCUT2D eigenvalue weighted by atomic mass is 9.77. The third kappa shape index (κ3) is 3.97. The van der Waals surface area contributed by atoms with Crippen LogP contribution in [0.25, 0.3) is 28.0 Å². The third-order valence-corrected chi connectivity index (χ3v) is 8.65. The Morgan fingerprint density at radius 1 is 0.730 bits per heavy atom. The highest BCUT2D eigenvalue weighted by Crippen LogP contribution is 2.51. The quantitative estimate of drug-likeness (QED) is 0.239. The second-order valence-electron chi connectivity index (χ2n) is 13.3. The van der Waals surface area contributed by atoms with Crippen LogP contribution in [-0.2, 0) is 17.3 Å². The van der Waals surface area contributed by atoms with E-state index in [0.29, 0.717) is 5.92 Å². The molecule has 4 aromatic rings. The molecule has 1 atom stereocenters. The van der Waals surface area contributed by atoms with Crippen LogP contribution in [-0.4, -0.2) is 0 Å². The number of rotatable bonds is 3. The van der Waals surface area contributed by atoms with Crippen LogP contribution in [0.3, 0.4) is 0 Å². The second-order valence-corrected chi connectivity index (χ2v) is 13.3. The first kappa shape index (κ1) is 24.2. The molecule has 0 fully saturated rings. The monoisotopic (exact) mass is 484 g/mol. The molecule has 0 nitrogen and oxygen atoms in total. The maximum absolute atomic E-state index is 2.56. The smallest absolute Gasteiger partial charge is 0.0311 e. The SMILES string of the molecule is CCCC1=Cc2c(ccc3ccccc23)C1c1cc(C(C)(C)C)cc2c1Cc1ccc(C(C)(C)C)cc1-2. The molecule has 0 N–H and O–H groups in total. The van der Waals surface area contributed by atoms with Crippen molar-refractivity contribution in [1.29, 1.82) is 0 Å². The maximum atomic E-state index is 2.56. The molecular weight excluding hydrogens is 444 g/mol. The van der Waals surface area contributed by atoms with E-state index in [-0.39, 0.29) is 10.8 Å². The molecule has 188 valence electrons. The van der Waals surface area contributed by atoms with Crippen LogP contribution in [0.1, 0.15) is 106 Å². The van der Waals surface area contributed by atoms with Gasteiger partial charge in [-0.15, -0.1) is 0 Å². The van der Waals surface area contributed by atoms with Gasteiger partial charge in [-0.3, -0.25) is 0 Å². The predicted octanol–water partition coefficient (Wildman–Crippen LogP) is 10.3. The number of fused-ring (bicyclic) bond motifs is 6.